The summed E-state index contributed by atoms with van der Waals surface area (Å²) < 4.78 is 10.0. The van der Waals surface area contributed by atoms with Crippen LogP contribution in [0.3, 0.4) is 0 Å². The van der Waals surface area contributed by atoms with Gasteiger partial charge in [-0.05, 0) is 48.9 Å². The quantitative estimate of drug-likeness (QED) is 0.405. The Hall–Kier alpha value is -1.31. The Labute approximate surface area is 168 Å². The molecular formula is C18H17Br2N3OS. The van der Waals surface area contributed by atoms with Crippen molar-refractivity contribution in [2.75, 3.05) is 0 Å². The van der Waals surface area contributed by atoms with E-state index in [0.717, 1.165) is 38.0 Å². The van der Waals surface area contributed by atoms with Crippen LogP contribution in [0.15, 0.2) is 62.6 Å². The van der Waals surface area contributed by atoms with Gasteiger partial charge in [0, 0.05) is 21.2 Å². The van der Waals surface area contributed by atoms with E-state index in [2.05, 4.69) is 77.8 Å². The number of rotatable bonds is 7. The Morgan fingerprint density at radius 1 is 0.960 bits per heavy atom. The minimum Gasteiger partial charge on any atom is -0.486 e. The smallest absolute Gasteiger partial charge is 0.191 e. The molecule has 0 spiro atoms. The number of thioether (sulfide) groups is 1. The number of aromatic nitrogens is 3. The van der Waals surface area contributed by atoms with Gasteiger partial charge < -0.3 is 9.30 Å². The second kappa shape index (κ2) is 8.87. The highest BCUT2D eigenvalue weighted by Crippen LogP contribution is 2.24. The van der Waals surface area contributed by atoms with Crippen molar-refractivity contribution >= 4 is 43.6 Å². The topological polar surface area (TPSA) is 39.9 Å². The second-order valence-corrected chi connectivity index (χ2v) is 8.07. The maximum Gasteiger partial charge on any atom is 0.191 e. The van der Waals surface area contributed by atoms with E-state index >= 15 is 0 Å². The molecule has 0 saturated carbocycles. The Morgan fingerprint density at radius 2 is 1.60 bits per heavy atom. The molecule has 0 unspecified atom stereocenters. The van der Waals surface area contributed by atoms with E-state index in [1.165, 1.54) is 5.56 Å². The molecule has 0 saturated heterocycles. The molecule has 0 fully saturated rings. The van der Waals surface area contributed by atoms with Crippen molar-refractivity contribution in [3.8, 4) is 5.75 Å². The zero-order chi connectivity index (χ0) is 17.6. The summed E-state index contributed by atoms with van der Waals surface area (Å²) in [6.45, 7) is 3.31. The number of hydrogen-bond donors (Lipinski definition) is 0. The summed E-state index contributed by atoms with van der Waals surface area (Å²) >= 11 is 8.57. The fourth-order valence-corrected chi connectivity index (χ4v) is 3.76. The molecule has 7 heteroatoms. The predicted octanol–water partition coefficient (Wildman–Crippen LogP) is 5.69. The van der Waals surface area contributed by atoms with E-state index in [0.29, 0.717) is 6.61 Å². The Bertz CT molecular complexity index is 752. The normalized spacial score (nSPS) is 10.8. The molecule has 0 bridgehead atoms. The fourth-order valence-electron chi connectivity index (χ4n) is 2.26. The highest BCUT2D eigenvalue weighted by atomic mass is 79.9. The molecule has 1 aromatic heterocycles. The molecule has 2 aromatic carbocycles. The van der Waals surface area contributed by atoms with Crippen molar-refractivity contribution in [2.24, 2.45) is 0 Å². The van der Waals surface area contributed by atoms with Crippen LogP contribution < -0.4 is 4.74 Å². The first-order chi connectivity index (χ1) is 12.2. The minimum atomic E-state index is 0.404. The van der Waals surface area contributed by atoms with Crippen molar-refractivity contribution in [1.82, 2.24) is 14.8 Å². The summed E-state index contributed by atoms with van der Waals surface area (Å²) in [4.78, 5) is 0. The highest BCUT2D eigenvalue weighted by Gasteiger charge is 2.12. The van der Waals surface area contributed by atoms with Crippen LogP contribution in [0, 0.1) is 0 Å². The molecule has 0 radical (unpaired) electrons. The van der Waals surface area contributed by atoms with E-state index in [4.69, 9.17) is 4.74 Å². The van der Waals surface area contributed by atoms with Gasteiger partial charge in [0.25, 0.3) is 0 Å². The summed E-state index contributed by atoms with van der Waals surface area (Å²) in [6, 6.07) is 16.1. The van der Waals surface area contributed by atoms with Gasteiger partial charge in [0.2, 0.25) is 0 Å². The van der Waals surface area contributed by atoms with Gasteiger partial charge in [-0.1, -0.05) is 55.8 Å². The van der Waals surface area contributed by atoms with E-state index in [9.17, 15) is 0 Å². The molecule has 0 aliphatic carbocycles. The first kappa shape index (κ1) is 18.5. The van der Waals surface area contributed by atoms with Crippen molar-refractivity contribution in [2.45, 2.75) is 31.0 Å². The summed E-state index contributed by atoms with van der Waals surface area (Å²) in [5.41, 5.74) is 1.26. The number of hydrogen-bond acceptors (Lipinski definition) is 4. The molecule has 0 atom stereocenters. The maximum absolute atomic E-state index is 5.82. The van der Waals surface area contributed by atoms with Crippen LogP contribution in [0.5, 0.6) is 5.75 Å². The van der Waals surface area contributed by atoms with Gasteiger partial charge in [-0.25, -0.2) is 0 Å². The Kier molecular flexibility index (Phi) is 6.56. The Balaban J connectivity index is 1.63. The van der Waals surface area contributed by atoms with E-state index in [-0.39, 0.29) is 0 Å². The summed E-state index contributed by atoms with van der Waals surface area (Å²) in [5.74, 6) is 2.51. The molecule has 0 aliphatic rings. The SMILES string of the molecule is CCn1c(COc2ccc(Br)cc2)nnc1SCc1ccc(Br)cc1. The largest absolute Gasteiger partial charge is 0.486 e. The van der Waals surface area contributed by atoms with Crippen molar-refractivity contribution in [1.29, 1.82) is 0 Å². The lowest BCUT2D eigenvalue weighted by atomic mass is 10.2. The van der Waals surface area contributed by atoms with Crippen molar-refractivity contribution < 1.29 is 4.74 Å². The van der Waals surface area contributed by atoms with Gasteiger partial charge in [-0.3, -0.25) is 0 Å². The molecule has 3 aromatic rings. The number of ether oxygens (including phenoxy) is 1. The number of halogens is 2. The first-order valence-corrected chi connectivity index (χ1v) is 10.4. The molecule has 1 heterocycles. The van der Waals surface area contributed by atoms with Gasteiger partial charge in [-0.15, -0.1) is 10.2 Å². The first-order valence-electron chi connectivity index (χ1n) is 7.83. The molecule has 3 rings (SSSR count). The van der Waals surface area contributed by atoms with Crippen LogP contribution in [-0.2, 0) is 18.9 Å². The molecule has 0 amide bonds. The van der Waals surface area contributed by atoms with Gasteiger partial charge in [-0.2, -0.15) is 0 Å². The van der Waals surface area contributed by atoms with Crippen LogP contribution in [0.1, 0.15) is 18.3 Å². The van der Waals surface area contributed by atoms with Crippen LogP contribution >= 0.6 is 43.6 Å². The van der Waals surface area contributed by atoms with Gasteiger partial charge in [0.15, 0.2) is 11.0 Å². The summed E-state index contributed by atoms with van der Waals surface area (Å²) in [7, 11) is 0. The van der Waals surface area contributed by atoms with Crippen molar-refractivity contribution in [3.05, 3.63) is 68.9 Å². The van der Waals surface area contributed by atoms with E-state index < -0.39 is 0 Å². The number of nitrogens with zero attached hydrogens (tertiary/aromatic N) is 3. The lowest BCUT2D eigenvalue weighted by Crippen LogP contribution is -2.07. The molecule has 0 N–H and O–H groups in total. The Morgan fingerprint density at radius 3 is 2.24 bits per heavy atom. The predicted molar refractivity (Wildman–Crippen MR) is 108 cm³/mol. The molecule has 4 nitrogen and oxygen atoms in total. The van der Waals surface area contributed by atoms with E-state index in [1.54, 1.807) is 11.8 Å². The van der Waals surface area contributed by atoms with Gasteiger partial charge >= 0.3 is 0 Å². The van der Waals surface area contributed by atoms with E-state index in [1.807, 2.05) is 24.3 Å². The third-order valence-electron chi connectivity index (χ3n) is 3.57. The molecule has 130 valence electrons. The lowest BCUT2D eigenvalue weighted by Gasteiger charge is -2.09. The van der Waals surface area contributed by atoms with Crippen LogP contribution in [0.4, 0.5) is 0 Å². The average molecular weight is 483 g/mol. The number of benzene rings is 2. The standard InChI is InChI=1S/C18H17Br2N3OS/c1-2-23-17(11-24-16-9-7-15(20)8-10-16)21-22-18(23)25-12-13-3-5-14(19)6-4-13/h3-10H,2,11-12H2,1H3. The van der Waals surface area contributed by atoms with Crippen molar-refractivity contribution in [3.63, 3.8) is 0 Å². The minimum absolute atomic E-state index is 0.404. The maximum atomic E-state index is 5.82. The highest BCUT2D eigenvalue weighted by molar-refractivity contribution is 9.10. The summed E-state index contributed by atoms with van der Waals surface area (Å²) in [6.07, 6.45) is 0. The lowest BCUT2D eigenvalue weighted by molar-refractivity contribution is 0.288. The van der Waals surface area contributed by atoms with Crippen LogP contribution in [0.25, 0.3) is 0 Å². The molecular weight excluding hydrogens is 466 g/mol. The second-order valence-electron chi connectivity index (χ2n) is 5.30. The monoisotopic (exact) mass is 481 g/mol. The van der Waals surface area contributed by atoms with Crippen LogP contribution in [-0.4, -0.2) is 14.8 Å². The third kappa shape index (κ3) is 5.09. The molecule has 0 aliphatic heterocycles. The fraction of sp³-hybridized carbons (Fsp3) is 0.222. The molecule has 25 heavy (non-hydrogen) atoms. The van der Waals surface area contributed by atoms with Gasteiger partial charge in [0.1, 0.15) is 12.4 Å². The summed E-state index contributed by atoms with van der Waals surface area (Å²) in [5, 5.41) is 9.54. The zero-order valence-electron chi connectivity index (χ0n) is 13.7. The van der Waals surface area contributed by atoms with Gasteiger partial charge in [0.05, 0.1) is 0 Å². The average Bonchev–Trinajstić information content (AvgIpc) is 3.02. The van der Waals surface area contributed by atoms with Crippen LogP contribution in [0.2, 0.25) is 0 Å². The zero-order valence-corrected chi connectivity index (χ0v) is 17.6. The third-order valence-corrected chi connectivity index (χ3v) is 5.67.